The highest BCUT2D eigenvalue weighted by Gasteiger charge is 2.15. The Morgan fingerprint density at radius 3 is 2.57 bits per heavy atom. The highest BCUT2D eigenvalue weighted by atomic mass is 32.1. The molecule has 1 heterocycles. The number of anilines is 1. The van der Waals surface area contributed by atoms with E-state index in [4.69, 9.17) is 4.74 Å². The minimum absolute atomic E-state index is 0.00440. The van der Waals surface area contributed by atoms with Crippen molar-refractivity contribution in [1.82, 2.24) is 10.3 Å². The maximum Gasteiger partial charge on any atom is 0.251 e. The van der Waals surface area contributed by atoms with Crippen molar-refractivity contribution in [2.75, 3.05) is 25.5 Å². The van der Waals surface area contributed by atoms with Gasteiger partial charge in [-0.3, -0.25) is 9.59 Å². The molecule has 0 bridgehead atoms. The highest BCUT2D eigenvalue weighted by molar-refractivity contribution is 7.17. The van der Waals surface area contributed by atoms with E-state index in [0.717, 1.165) is 29.7 Å². The van der Waals surface area contributed by atoms with E-state index in [2.05, 4.69) is 15.6 Å². The van der Waals surface area contributed by atoms with Crippen molar-refractivity contribution < 1.29 is 14.3 Å². The van der Waals surface area contributed by atoms with Crippen molar-refractivity contribution in [3.63, 3.8) is 0 Å². The monoisotopic (exact) mass is 423 g/mol. The molecule has 0 spiro atoms. The summed E-state index contributed by atoms with van der Waals surface area (Å²) in [5, 5.41) is 6.81. The van der Waals surface area contributed by atoms with Crippen LogP contribution in [0.1, 0.15) is 44.5 Å². The standard InChI is InChI=1S/C23H25N3O3S/c1-3-16-7-4-5-8-19(16)21(27)20-15-26-23(30-20)25-14-6-13-24-22(28)17-9-11-18(29-2)12-10-17/h4-5,7-12,15H,3,6,13-14H2,1-2H3,(H,24,28)(H,25,26). The van der Waals surface area contributed by atoms with Gasteiger partial charge in [0.1, 0.15) is 5.75 Å². The molecule has 3 aromatic rings. The second-order valence-electron chi connectivity index (χ2n) is 6.63. The fourth-order valence-electron chi connectivity index (χ4n) is 2.97. The molecule has 2 aromatic carbocycles. The van der Waals surface area contributed by atoms with E-state index in [1.165, 1.54) is 11.3 Å². The first-order valence-corrected chi connectivity index (χ1v) is 10.7. The summed E-state index contributed by atoms with van der Waals surface area (Å²) in [6, 6.07) is 14.7. The van der Waals surface area contributed by atoms with Crippen molar-refractivity contribution in [2.45, 2.75) is 19.8 Å². The maximum atomic E-state index is 12.8. The van der Waals surface area contributed by atoms with E-state index < -0.39 is 0 Å². The van der Waals surface area contributed by atoms with Gasteiger partial charge in [0.05, 0.1) is 18.2 Å². The third-order valence-electron chi connectivity index (χ3n) is 4.64. The van der Waals surface area contributed by atoms with E-state index in [1.807, 2.05) is 31.2 Å². The lowest BCUT2D eigenvalue weighted by atomic mass is 10.0. The summed E-state index contributed by atoms with van der Waals surface area (Å²) >= 11 is 1.35. The van der Waals surface area contributed by atoms with E-state index >= 15 is 0 Å². The molecule has 6 nitrogen and oxygen atoms in total. The predicted molar refractivity (Wildman–Crippen MR) is 120 cm³/mol. The number of amides is 1. The van der Waals surface area contributed by atoms with Crippen LogP contribution in [0, 0.1) is 0 Å². The summed E-state index contributed by atoms with van der Waals surface area (Å²) in [6.07, 6.45) is 3.17. The number of aromatic nitrogens is 1. The SMILES string of the molecule is CCc1ccccc1C(=O)c1cnc(NCCCNC(=O)c2ccc(OC)cc2)s1. The van der Waals surface area contributed by atoms with E-state index in [-0.39, 0.29) is 11.7 Å². The Morgan fingerprint density at radius 1 is 1.07 bits per heavy atom. The largest absolute Gasteiger partial charge is 0.497 e. The van der Waals surface area contributed by atoms with Gasteiger partial charge < -0.3 is 15.4 Å². The minimum Gasteiger partial charge on any atom is -0.497 e. The summed E-state index contributed by atoms with van der Waals surface area (Å²) in [6.45, 7) is 3.23. The van der Waals surface area contributed by atoms with Crippen molar-refractivity contribution in [2.24, 2.45) is 0 Å². The van der Waals surface area contributed by atoms with Gasteiger partial charge in [-0.15, -0.1) is 0 Å². The maximum absolute atomic E-state index is 12.8. The Bertz CT molecular complexity index is 999. The molecule has 0 saturated carbocycles. The van der Waals surface area contributed by atoms with E-state index in [9.17, 15) is 9.59 Å². The van der Waals surface area contributed by atoms with Gasteiger partial charge in [0, 0.05) is 24.2 Å². The second kappa shape index (κ2) is 10.5. The van der Waals surface area contributed by atoms with Gasteiger partial charge in [-0.1, -0.05) is 42.5 Å². The molecule has 0 unspecified atom stereocenters. The zero-order valence-corrected chi connectivity index (χ0v) is 17.9. The molecule has 3 rings (SSSR count). The number of benzene rings is 2. The zero-order valence-electron chi connectivity index (χ0n) is 17.1. The van der Waals surface area contributed by atoms with E-state index in [0.29, 0.717) is 28.7 Å². The number of aryl methyl sites for hydroxylation is 1. The number of ether oxygens (including phenoxy) is 1. The number of nitrogens with zero attached hydrogens (tertiary/aromatic N) is 1. The highest BCUT2D eigenvalue weighted by Crippen LogP contribution is 2.23. The summed E-state index contributed by atoms with van der Waals surface area (Å²) in [5.74, 6) is 0.606. The van der Waals surface area contributed by atoms with Crippen LogP contribution in [0.2, 0.25) is 0 Å². The van der Waals surface area contributed by atoms with E-state index in [1.54, 1.807) is 37.6 Å². The van der Waals surface area contributed by atoms with Crippen LogP contribution in [0.4, 0.5) is 5.13 Å². The Hall–Kier alpha value is -3.19. The third-order valence-corrected chi connectivity index (χ3v) is 5.59. The Kier molecular flexibility index (Phi) is 7.57. The molecule has 0 aliphatic carbocycles. The van der Waals surface area contributed by atoms with Crippen LogP contribution in [-0.4, -0.2) is 36.9 Å². The molecule has 2 N–H and O–H groups in total. The molecule has 30 heavy (non-hydrogen) atoms. The molecular weight excluding hydrogens is 398 g/mol. The van der Waals surface area contributed by atoms with Gasteiger partial charge in [-0.25, -0.2) is 4.98 Å². The molecule has 0 saturated heterocycles. The van der Waals surface area contributed by atoms with Crippen LogP contribution < -0.4 is 15.4 Å². The number of carbonyl (C=O) groups excluding carboxylic acids is 2. The van der Waals surface area contributed by atoms with Crippen LogP contribution in [0.25, 0.3) is 0 Å². The number of thiazole rings is 1. The Morgan fingerprint density at radius 2 is 1.83 bits per heavy atom. The summed E-state index contributed by atoms with van der Waals surface area (Å²) in [7, 11) is 1.59. The van der Waals surface area contributed by atoms with Gasteiger partial charge >= 0.3 is 0 Å². The Balaban J connectivity index is 1.44. The third kappa shape index (κ3) is 5.45. The molecular formula is C23H25N3O3S. The number of hydrogen-bond acceptors (Lipinski definition) is 6. The van der Waals surface area contributed by atoms with Crippen LogP contribution in [0.15, 0.2) is 54.7 Å². The van der Waals surface area contributed by atoms with Gasteiger partial charge in [0.25, 0.3) is 5.91 Å². The molecule has 0 radical (unpaired) electrons. The first kappa shape index (κ1) is 21.5. The van der Waals surface area contributed by atoms with Gasteiger partial charge in [-0.2, -0.15) is 0 Å². The van der Waals surface area contributed by atoms with Crippen molar-refractivity contribution >= 4 is 28.2 Å². The average Bonchev–Trinajstić information content (AvgIpc) is 3.27. The van der Waals surface area contributed by atoms with Crippen LogP contribution in [0.5, 0.6) is 5.75 Å². The average molecular weight is 424 g/mol. The first-order chi connectivity index (χ1) is 14.6. The van der Waals surface area contributed by atoms with Crippen molar-refractivity contribution in [3.05, 3.63) is 76.3 Å². The number of methoxy groups -OCH3 is 1. The zero-order chi connectivity index (χ0) is 21.3. The minimum atomic E-state index is -0.116. The number of nitrogens with one attached hydrogen (secondary N) is 2. The second-order valence-corrected chi connectivity index (χ2v) is 7.66. The molecule has 1 amide bonds. The lowest BCUT2D eigenvalue weighted by Gasteiger charge is -2.07. The number of ketones is 1. The molecule has 156 valence electrons. The molecule has 7 heteroatoms. The van der Waals surface area contributed by atoms with Crippen molar-refractivity contribution in [3.8, 4) is 5.75 Å². The Labute approximate surface area is 180 Å². The number of carbonyl (C=O) groups is 2. The van der Waals surface area contributed by atoms with Gasteiger partial charge in [-0.05, 0) is 42.7 Å². The normalized spacial score (nSPS) is 10.5. The topological polar surface area (TPSA) is 80.3 Å². The fourth-order valence-corrected chi connectivity index (χ4v) is 3.77. The molecule has 0 aliphatic rings. The lowest BCUT2D eigenvalue weighted by Crippen LogP contribution is -2.25. The smallest absolute Gasteiger partial charge is 0.251 e. The summed E-state index contributed by atoms with van der Waals surface area (Å²) in [5.41, 5.74) is 2.37. The number of rotatable bonds is 10. The molecule has 0 aliphatic heterocycles. The van der Waals surface area contributed by atoms with Gasteiger partial charge in [0.2, 0.25) is 5.78 Å². The quantitative estimate of drug-likeness (QED) is 0.378. The predicted octanol–water partition coefficient (Wildman–Crippen LogP) is 4.18. The molecule has 1 aromatic heterocycles. The van der Waals surface area contributed by atoms with Crippen molar-refractivity contribution in [1.29, 1.82) is 0 Å². The van der Waals surface area contributed by atoms with Crippen LogP contribution in [-0.2, 0) is 6.42 Å². The number of hydrogen-bond donors (Lipinski definition) is 2. The molecule has 0 fully saturated rings. The van der Waals surface area contributed by atoms with Crippen LogP contribution in [0.3, 0.4) is 0 Å². The summed E-state index contributed by atoms with van der Waals surface area (Å²) < 4.78 is 5.09. The first-order valence-electron chi connectivity index (χ1n) is 9.87. The van der Waals surface area contributed by atoms with Gasteiger partial charge in [0.15, 0.2) is 5.13 Å². The fraction of sp³-hybridized carbons (Fsp3) is 0.261. The molecule has 0 atom stereocenters. The van der Waals surface area contributed by atoms with Crippen LogP contribution >= 0.6 is 11.3 Å². The summed E-state index contributed by atoms with van der Waals surface area (Å²) in [4.78, 5) is 29.8. The lowest BCUT2D eigenvalue weighted by molar-refractivity contribution is 0.0953.